The molecular formula is C19H25F3N2. The summed E-state index contributed by atoms with van der Waals surface area (Å²) < 4.78 is 39.7. The molecule has 1 aromatic rings. The summed E-state index contributed by atoms with van der Waals surface area (Å²) in [7, 11) is 2.00. The van der Waals surface area contributed by atoms with E-state index in [0.29, 0.717) is 5.69 Å². The van der Waals surface area contributed by atoms with Crippen LogP contribution in [-0.2, 0) is 11.6 Å². The molecule has 24 heavy (non-hydrogen) atoms. The highest BCUT2D eigenvalue weighted by Gasteiger charge is 2.57. The van der Waals surface area contributed by atoms with Crippen molar-refractivity contribution in [2.45, 2.75) is 58.3 Å². The number of alkyl halides is 3. The molecule has 2 aliphatic rings. The van der Waals surface area contributed by atoms with Gasteiger partial charge in [-0.1, -0.05) is 33.8 Å². The molecule has 1 aromatic carbocycles. The molecule has 0 saturated heterocycles. The molecule has 0 fully saturated rings. The lowest BCUT2D eigenvalue weighted by atomic mass is 9.55. The van der Waals surface area contributed by atoms with Gasteiger partial charge in [-0.25, -0.2) is 0 Å². The topological polar surface area (TPSA) is 6.48 Å². The number of anilines is 1. The lowest BCUT2D eigenvalue weighted by molar-refractivity contribution is -0.137. The third-order valence-corrected chi connectivity index (χ3v) is 6.58. The first kappa shape index (κ1) is 17.2. The fourth-order valence-electron chi connectivity index (χ4n) is 4.65. The molecule has 2 nitrogen and oxygen atoms in total. The van der Waals surface area contributed by atoms with Gasteiger partial charge in [0, 0.05) is 36.0 Å². The van der Waals surface area contributed by atoms with Gasteiger partial charge in [-0.3, -0.25) is 0 Å². The molecule has 0 radical (unpaired) electrons. The van der Waals surface area contributed by atoms with E-state index in [1.807, 2.05) is 24.3 Å². The van der Waals surface area contributed by atoms with E-state index in [0.717, 1.165) is 18.4 Å². The third kappa shape index (κ3) is 2.02. The zero-order valence-electron chi connectivity index (χ0n) is 14.9. The van der Waals surface area contributed by atoms with Crippen LogP contribution in [0.5, 0.6) is 0 Å². The number of nitrogens with zero attached hydrogens (tertiary/aromatic N) is 2. The second-order valence-corrected chi connectivity index (χ2v) is 7.43. The largest absolute Gasteiger partial charge is 0.416 e. The maximum Gasteiger partial charge on any atom is 0.416 e. The van der Waals surface area contributed by atoms with E-state index in [1.54, 1.807) is 6.07 Å². The summed E-state index contributed by atoms with van der Waals surface area (Å²) in [6, 6.07) is 4.24. The SMILES string of the molecule is CCC1(C)c2ccc(C(F)(F)F)cc2N2C=CN(C)C2C1(C)CC. The van der Waals surface area contributed by atoms with Crippen molar-refractivity contribution in [3.8, 4) is 0 Å². The average Bonchev–Trinajstić information content (AvgIpc) is 2.93. The molecule has 132 valence electrons. The molecule has 0 saturated carbocycles. The molecular weight excluding hydrogens is 313 g/mol. The van der Waals surface area contributed by atoms with Gasteiger partial charge in [0.15, 0.2) is 0 Å². The van der Waals surface area contributed by atoms with Crippen molar-refractivity contribution in [2.75, 3.05) is 11.9 Å². The van der Waals surface area contributed by atoms with Crippen LogP contribution in [0.1, 0.15) is 51.7 Å². The Morgan fingerprint density at radius 1 is 1.08 bits per heavy atom. The van der Waals surface area contributed by atoms with Gasteiger partial charge < -0.3 is 9.80 Å². The second-order valence-electron chi connectivity index (χ2n) is 7.43. The molecule has 0 spiro atoms. The van der Waals surface area contributed by atoms with Crippen molar-refractivity contribution in [3.63, 3.8) is 0 Å². The predicted molar refractivity (Wildman–Crippen MR) is 90.7 cm³/mol. The summed E-state index contributed by atoms with van der Waals surface area (Å²) >= 11 is 0. The van der Waals surface area contributed by atoms with Crippen molar-refractivity contribution in [2.24, 2.45) is 5.41 Å². The number of rotatable bonds is 2. The standard InChI is InChI=1S/C19H25F3N2/c1-6-17(3)14-9-8-13(19(20,21)22)12-15(14)24-11-10-23(5)16(24)18(17,4)7-2/h8-12,16H,6-7H2,1-5H3. The molecule has 0 amide bonds. The molecule has 0 aliphatic carbocycles. The third-order valence-electron chi connectivity index (χ3n) is 6.58. The number of halogens is 3. The molecule has 0 aromatic heterocycles. The summed E-state index contributed by atoms with van der Waals surface area (Å²) in [6.45, 7) is 8.77. The maximum absolute atomic E-state index is 13.2. The molecule has 5 heteroatoms. The zero-order valence-corrected chi connectivity index (χ0v) is 14.9. The second kappa shape index (κ2) is 5.17. The van der Waals surface area contributed by atoms with Crippen LogP contribution in [0.4, 0.5) is 18.9 Å². The molecule has 3 rings (SSSR count). The van der Waals surface area contributed by atoms with Crippen LogP contribution in [0, 0.1) is 5.41 Å². The lowest BCUT2D eigenvalue weighted by Crippen LogP contribution is -2.61. The van der Waals surface area contributed by atoms with Gasteiger partial charge in [0.1, 0.15) is 6.17 Å². The minimum Gasteiger partial charge on any atom is -0.358 e. The summed E-state index contributed by atoms with van der Waals surface area (Å²) in [5.74, 6) is 0. The Bertz CT molecular complexity index is 682. The summed E-state index contributed by atoms with van der Waals surface area (Å²) in [4.78, 5) is 4.14. The van der Waals surface area contributed by atoms with Gasteiger partial charge in [0.2, 0.25) is 0 Å². The Hall–Kier alpha value is -1.65. The average molecular weight is 338 g/mol. The summed E-state index contributed by atoms with van der Waals surface area (Å²) in [6.07, 6.45) is 1.41. The van der Waals surface area contributed by atoms with Crippen molar-refractivity contribution in [1.29, 1.82) is 0 Å². The fraction of sp³-hybridized carbons (Fsp3) is 0.579. The minimum atomic E-state index is -4.33. The van der Waals surface area contributed by atoms with Crippen LogP contribution in [-0.4, -0.2) is 18.1 Å². The quantitative estimate of drug-likeness (QED) is 0.717. The van der Waals surface area contributed by atoms with E-state index in [4.69, 9.17) is 0 Å². The zero-order chi connectivity index (χ0) is 17.9. The van der Waals surface area contributed by atoms with Crippen molar-refractivity contribution < 1.29 is 13.2 Å². The Kier molecular flexibility index (Phi) is 3.70. The molecule has 3 atom stereocenters. The monoisotopic (exact) mass is 338 g/mol. The number of hydrogen-bond donors (Lipinski definition) is 0. The van der Waals surface area contributed by atoms with Crippen molar-refractivity contribution in [3.05, 3.63) is 41.7 Å². The Balaban J connectivity index is 2.28. The molecule has 2 heterocycles. The van der Waals surface area contributed by atoms with Gasteiger partial charge in [-0.05, 0) is 30.5 Å². The summed E-state index contributed by atoms with van der Waals surface area (Å²) in [5.41, 5.74) is 0.848. The minimum absolute atomic E-state index is 0.0310. The van der Waals surface area contributed by atoms with Crippen molar-refractivity contribution >= 4 is 5.69 Å². The van der Waals surface area contributed by atoms with Crippen LogP contribution < -0.4 is 4.90 Å². The van der Waals surface area contributed by atoms with Gasteiger partial charge in [-0.2, -0.15) is 13.2 Å². The highest BCUT2D eigenvalue weighted by atomic mass is 19.4. The number of hydrogen-bond acceptors (Lipinski definition) is 2. The van der Waals surface area contributed by atoms with E-state index in [-0.39, 0.29) is 17.0 Å². The predicted octanol–water partition coefficient (Wildman–Crippen LogP) is 5.35. The van der Waals surface area contributed by atoms with Crippen LogP contribution in [0.25, 0.3) is 0 Å². The van der Waals surface area contributed by atoms with Crippen molar-refractivity contribution in [1.82, 2.24) is 4.90 Å². The summed E-state index contributed by atoms with van der Waals surface area (Å²) in [5, 5.41) is 0. The van der Waals surface area contributed by atoms with Crippen LogP contribution in [0.3, 0.4) is 0 Å². The van der Waals surface area contributed by atoms with Gasteiger partial charge in [0.05, 0.1) is 5.56 Å². The Labute approximate surface area is 141 Å². The van der Waals surface area contributed by atoms with Crippen LogP contribution >= 0.6 is 0 Å². The van der Waals surface area contributed by atoms with Crippen LogP contribution in [0.2, 0.25) is 0 Å². The fourth-order valence-corrected chi connectivity index (χ4v) is 4.65. The molecule has 0 bridgehead atoms. The van der Waals surface area contributed by atoms with Gasteiger partial charge >= 0.3 is 6.18 Å². The van der Waals surface area contributed by atoms with Gasteiger partial charge in [-0.15, -0.1) is 0 Å². The van der Waals surface area contributed by atoms with E-state index >= 15 is 0 Å². The molecule has 0 N–H and O–H groups in total. The first-order valence-corrected chi connectivity index (χ1v) is 8.50. The normalized spacial score (nSPS) is 32.1. The van der Waals surface area contributed by atoms with Crippen LogP contribution in [0.15, 0.2) is 30.6 Å². The Morgan fingerprint density at radius 2 is 1.75 bits per heavy atom. The number of fused-ring (bicyclic) bond motifs is 3. The molecule has 3 unspecified atom stereocenters. The first-order valence-electron chi connectivity index (χ1n) is 8.50. The smallest absolute Gasteiger partial charge is 0.358 e. The van der Waals surface area contributed by atoms with Gasteiger partial charge in [0.25, 0.3) is 0 Å². The van der Waals surface area contributed by atoms with E-state index in [9.17, 15) is 13.2 Å². The Morgan fingerprint density at radius 3 is 2.29 bits per heavy atom. The molecule has 2 aliphatic heterocycles. The highest BCUT2D eigenvalue weighted by Crippen LogP contribution is 2.59. The van der Waals surface area contributed by atoms with E-state index in [2.05, 4.69) is 32.6 Å². The van der Waals surface area contributed by atoms with E-state index < -0.39 is 11.7 Å². The lowest BCUT2D eigenvalue weighted by Gasteiger charge is -2.58. The first-order chi connectivity index (χ1) is 11.1. The van der Waals surface area contributed by atoms with E-state index in [1.165, 1.54) is 12.1 Å². The number of benzene rings is 1. The maximum atomic E-state index is 13.2. The highest BCUT2D eigenvalue weighted by molar-refractivity contribution is 5.66.